The molecule has 0 fully saturated rings. The number of amides is 2. The first-order valence-corrected chi connectivity index (χ1v) is 5.63. The van der Waals surface area contributed by atoms with E-state index in [-0.39, 0.29) is 11.1 Å². The van der Waals surface area contributed by atoms with Crippen LogP contribution in [0.25, 0.3) is 0 Å². The maximum atomic E-state index is 11.9. The molecule has 0 aromatic heterocycles. The van der Waals surface area contributed by atoms with Crippen LogP contribution >= 0.6 is 15.9 Å². The molecule has 0 saturated carbocycles. The summed E-state index contributed by atoms with van der Waals surface area (Å²) in [5.41, 5.74) is 0.476. The molecule has 5 nitrogen and oxygen atoms in total. The largest absolute Gasteiger partial charge is 0.480 e. The molecule has 1 unspecified atom stereocenters. The van der Waals surface area contributed by atoms with Gasteiger partial charge in [-0.15, -0.1) is 0 Å². The van der Waals surface area contributed by atoms with E-state index in [1.165, 1.54) is 19.1 Å². The van der Waals surface area contributed by atoms with Gasteiger partial charge in [-0.3, -0.25) is 14.5 Å². The molecular weight excluding hydrogens is 290 g/mol. The van der Waals surface area contributed by atoms with E-state index in [1.54, 1.807) is 6.07 Å². The third-order valence-corrected chi connectivity index (χ3v) is 3.12. The van der Waals surface area contributed by atoms with Crippen LogP contribution in [0.2, 0.25) is 0 Å². The number of halogens is 1. The Labute approximate surface area is 105 Å². The Bertz CT molecular complexity index is 540. The van der Waals surface area contributed by atoms with Gasteiger partial charge in [0, 0.05) is 4.47 Å². The van der Waals surface area contributed by atoms with Gasteiger partial charge in [0.15, 0.2) is 0 Å². The van der Waals surface area contributed by atoms with E-state index in [9.17, 15) is 14.4 Å². The molecule has 2 rings (SSSR count). The summed E-state index contributed by atoms with van der Waals surface area (Å²) in [7, 11) is 0. The third kappa shape index (κ3) is 1.74. The van der Waals surface area contributed by atoms with Gasteiger partial charge in [0.05, 0.1) is 11.1 Å². The predicted octanol–water partition coefficient (Wildman–Crippen LogP) is 1.52. The summed E-state index contributed by atoms with van der Waals surface area (Å²) in [6.07, 6.45) is 0. The fraction of sp³-hybridized carbons (Fsp3) is 0.182. The number of carboxylic acid groups (broad SMARTS) is 1. The zero-order valence-corrected chi connectivity index (χ0v) is 10.4. The molecule has 1 atom stereocenters. The number of nitrogens with zero attached hydrogens (tertiary/aromatic N) is 1. The Morgan fingerprint density at radius 1 is 1.29 bits per heavy atom. The van der Waals surface area contributed by atoms with Gasteiger partial charge in [-0.1, -0.05) is 15.9 Å². The van der Waals surface area contributed by atoms with E-state index in [4.69, 9.17) is 5.11 Å². The molecule has 0 radical (unpaired) electrons. The summed E-state index contributed by atoms with van der Waals surface area (Å²) >= 11 is 3.20. The van der Waals surface area contributed by atoms with Crippen LogP contribution < -0.4 is 0 Å². The number of hydrogen-bond donors (Lipinski definition) is 1. The van der Waals surface area contributed by atoms with Crippen molar-refractivity contribution in [1.29, 1.82) is 0 Å². The molecule has 1 aliphatic rings. The summed E-state index contributed by atoms with van der Waals surface area (Å²) in [6.45, 7) is 1.30. The number of fused-ring (bicyclic) bond motifs is 1. The summed E-state index contributed by atoms with van der Waals surface area (Å²) in [6, 6.07) is 3.50. The molecule has 1 heterocycles. The number of carboxylic acids is 1. The molecule has 0 bridgehead atoms. The van der Waals surface area contributed by atoms with Gasteiger partial charge in [-0.25, -0.2) is 4.79 Å². The van der Waals surface area contributed by atoms with Crippen molar-refractivity contribution in [1.82, 2.24) is 4.90 Å². The van der Waals surface area contributed by atoms with Crippen LogP contribution in [-0.2, 0) is 4.79 Å². The fourth-order valence-electron chi connectivity index (χ4n) is 1.69. The maximum absolute atomic E-state index is 11.9. The standard InChI is InChI=1S/C11H8BrNO4/c1-5(11(16)17)13-9(14)7-3-2-6(12)4-8(7)10(13)15/h2-5H,1H3,(H,16,17). The van der Waals surface area contributed by atoms with Crippen molar-refractivity contribution in [3.63, 3.8) is 0 Å². The van der Waals surface area contributed by atoms with E-state index < -0.39 is 23.8 Å². The third-order valence-electron chi connectivity index (χ3n) is 2.62. The van der Waals surface area contributed by atoms with Crippen molar-refractivity contribution >= 4 is 33.7 Å². The minimum atomic E-state index is -1.21. The minimum Gasteiger partial charge on any atom is -0.480 e. The van der Waals surface area contributed by atoms with Crippen molar-refractivity contribution in [3.8, 4) is 0 Å². The van der Waals surface area contributed by atoms with E-state index >= 15 is 0 Å². The smallest absolute Gasteiger partial charge is 0.326 e. The highest BCUT2D eigenvalue weighted by Crippen LogP contribution is 2.27. The van der Waals surface area contributed by atoms with Crippen LogP contribution in [0.4, 0.5) is 0 Å². The number of rotatable bonds is 2. The Kier molecular flexibility index (Phi) is 2.74. The maximum Gasteiger partial charge on any atom is 0.326 e. The van der Waals surface area contributed by atoms with Crippen LogP contribution in [0.15, 0.2) is 22.7 Å². The van der Waals surface area contributed by atoms with Crippen LogP contribution in [0, 0.1) is 0 Å². The average Bonchev–Trinajstić information content (AvgIpc) is 2.50. The highest BCUT2D eigenvalue weighted by Gasteiger charge is 2.40. The van der Waals surface area contributed by atoms with Gasteiger partial charge in [0.1, 0.15) is 6.04 Å². The monoisotopic (exact) mass is 297 g/mol. The van der Waals surface area contributed by atoms with Gasteiger partial charge in [-0.05, 0) is 25.1 Å². The second-order valence-corrected chi connectivity index (χ2v) is 4.60. The molecule has 0 spiro atoms. The van der Waals surface area contributed by atoms with Crippen molar-refractivity contribution in [2.75, 3.05) is 0 Å². The molecule has 1 aromatic rings. The SMILES string of the molecule is CC(C(=O)O)N1C(=O)c2ccc(Br)cc2C1=O. The first kappa shape index (κ1) is 11.8. The highest BCUT2D eigenvalue weighted by atomic mass is 79.9. The summed E-state index contributed by atoms with van der Waals surface area (Å²) in [5.74, 6) is -2.34. The number of carbonyl (C=O) groups excluding carboxylic acids is 2. The van der Waals surface area contributed by atoms with E-state index in [1.807, 2.05) is 0 Å². The number of carbonyl (C=O) groups is 3. The first-order chi connectivity index (χ1) is 7.93. The second kappa shape index (κ2) is 3.96. The van der Waals surface area contributed by atoms with Crippen LogP contribution in [0.5, 0.6) is 0 Å². The number of imide groups is 1. The lowest BCUT2D eigenvalue weighted by molar-refractivity contribution is -0.140. The molecule has 2 amide bonds. The summed E-state index contributed by atoms with van der Waals surface area (Å²) < 4.78 is 0.669. The number of benzene rings is 1. The molecular formula is C11H8BrNO4. The molecule has 0 saturated heterocycles. The molecule has 1 N–H and O–H groups in total. The minimum absolute atomic E-state index is 0.234. The molecule has 6 heteroatoms. The van der Waals surface area contributed by atoms with Gasteiger partial charge >= 0.3 is 5.97 Å². The van der Waals surface area contributed by atoms with Crippen LogP contribution in [0.3, 0.4) is 0 Å². The van der Waals surface area contributed by atoms with Gasteiger partial charge in [-0.2, -0.15) is 0 Å². The zero-order valence-electron chi connectivity index (χ0n) is 8.81. The number of aliphatic carboxylic acids is 1. The topological polar surface area (TPSA) is 74.7 Å². The van der Waals surface area contributed by atoms with E-state index in [0.717, 1.165) is 4.90 Å². The Morgan fingerprint density at radius 2 is 1.88 bits per heavy atom. The first-order valence-electron chi connectivity index (χ1n) is 4.83. The Balaban J connectivity index is 2.49. The molecule has 17 heavy (non-hydrogen) atoms. The van der Waals surface area contributed by atoms with Gasteiger partial charge in [0.2, 0.25) is 0 Å². The Morgan fingerprint density at radius 3 is 2.47 bits per heavy atom. The van der Waals surface area contributed by atoms with E-state index in [2.05, 4.69) is 15.9 Å². The predicted molar refractivity (Wildman–Crippen MR) is 61.7 cm³/mol. The van der Waals surface area contributed by atoms with Crippen molar-refractivity contribution in [2.45, 2.75) is 13.0 Å². The lowest BCUT2D eigenvalue weighted by Crippen LogP contribution is -2.42. The van der Waals surface area contributed by atoms with Gasteiger partial charge < -0.3 is 5.11 Å². The van der Waals surface area contributed by atoms with Crippen molar-refractivity contribution in [2.24, 2.45) is 0 Å². The lowest BCUT2D eigenvalue weighted by Gasteiger charge is -2.17. The number of hydrogen-bond acceptors (Lipinski definition) is 3. The molecule has 1 aromatic carbocycles. The summed E-state index contributed by atoms with van der Waals surface area (Å²) in [5, 5.41) is 8.86. The van der Waals surface area contributed by atoms with Crippen LogP contribution in [-0.4, -0.2) is 33.8 Å². The average molecular weight is 298 g/mol. The van der Waals surface area contributed by atoms with Crippen molar-refractivity contribution < 1.29 is 19.5 Å². The summed E-state index contributed by atoms with van der Waals surface area (Å²) in [4.78, 5) is 35.4. The van der Waals surface area contributed by atoms with Gasteiger partial charge in [0.25, 0.3) is 11.8 Å². The fourth-order valence-corrected chi connectivity index (χ4v) is 2.05. The molecule has 88 valence electrons. The highest BCUT2D eigenvalue weighted by molar-refractivity contribution is 9.10. The Hall–Kier alpha value is -1.69. The normalized spacial score (nSPS) is 16.0. The van der Waals surface area contributed by atoms with E-state index in [0.29, 0.717) is 4.47 Å². The zero-order chi connectivity index (χ0) is 12.7. The molecule has 1 aliphatic heterocycles. The molecule has 0 aliphatic carbocycles. The lowest BCUT2D eigenvalue weighted by atomic mass is 10.1. The second-order valence-electron chi connectivity index (χ2n) is 3.68. The van der Waals surface area contributed by atoms with Crippen LogP contribution in [0.1, 0.15) is 27.6 Å². The quantitative estimate of drug-likeness (QED) is 0.840. The van der Waals surface area contributed by atoms with Crippen molar-refractivity contribution in [3.05, 3.63) is 33.8 Å².